The van der Waals surface area contributed by atoms with Gasteiger partial charge in [0.25, 0.3) is 5.91 Å². The second kappa shape index (κ2) is 11.1. The highest BCUT2D eigenvalue weighted by molar-refractivity contribution is 5.95. The van der Waals surface area contributed by atoms with Gasteiger partial charge in [0, 0.05) is 5.69 Å². The van der Waals surface area contributed by atoms with Crippen LogP contribution >= 0.6 is 0 Å². The molecule has 1 atom stereocenters. The third-order valence-electron chi connectivity index (χ3n) is 4.49. The smallest absolute Gasteiger partial charge is 0.338 e. The second-order valence-electron chi connectivity index (χ2n) is 6.58. The Morgan fingerprint density at radius 3 is 2.21 bits per heavy atom. The first kappa shape index (κ1) is 22.3. The van der Waals surface area contributed by atoms with Crippen LogP contribution in [-0.2, 0) is 9.53 Å². The molecule has 0 bridgehead atoms. The van der Waals surface area contributed by atoms with Crippen LogP contribution < -0.4 is 14.8 Å². The Balaban J connectivity index is 1.92. The van der Waals surface area contributed by atoms with Crippen LogP contribution in [0.25, 0.3) is 0 Å². The molecule has 0 saturated heterocycles. The monoisotopic (exact) mass is 399 g/mol. The summed E-state index contributed by atoms with van der Waals surface area (Å²) >= 11 is 0. The molecule has 2 rings (SSSR count). The van der Waals surface area contributed by atoms with Crippen molar-refractivity contribution in [1.29, 1.82) is 0 Å². The number of anilines is 1. The number of nitrogens with one attached hydrogen (secondary N) is 1. The van der Waals surface area contributed by atoms with E-state index in [0.29, 0.717) is 41.9 Å². The summed E-state index contributed by atoms with van der Waals surface area (Å²) < 4.78 is 16.1. The van der Waals surface area contributed by atoms with Crippen LogP contribution in [0.4, 0.5) is 5.69 Å². The molecule has 156 valence electrons. The molecule has 0 aliphatic heterocycles. The van der Waals surface area contributed by atoms with Crippen LogP contribution in [0.5, 0.6) is 11.5 Å². The highest BCUT2D eigenvalue weighted by Gasteiger charge is 2.14. The zero-order valence-corrected chi connectivity index (χ0v) is 17.5. The van der Waals surface area contributed by atoms with Gasteiger partial charge in [-0.05, 0) is 62.1 Å². The maximum Gasteiger partial charge on any atom is 0.338 e. The van der Waals surface area contributed by atoms with E-state index in [2.05, 4.69) is 19.2 Å². The summed E-state index contributed by atoms with van der Waals surface area (Å²) in [5, 5.41) is 2.73. The van der Waals surface area contributed by atoms with Gasteiger partial charge in [0.05, 0.1) is 18.8 Å². The minimum absolute atomic E-state index is 0.294. The maximum atomic E-state index is 12.3. The number of ether oxygens (including phenoxy) is 3. The summed E-state index contributed by atoms with van der Waals surface area (Å²) in [6.07, 6.45) is 1.05. The van der Waals surface area contributed by atoms with Crippen molar-refractivity contribution in [2.45, 2.75) is 40.0 Å². The van der Waals surface area contributed by atoms with E-state index >= 15 is 0 Å². The van der Waals surface area contributed by atoms with Gasteiger partial charge in [0.1, 0.15) is 0 Å². The van der Waals surface area contributed by atoms with Crippen LogP contribution in [0, 0.1) is 0 Å². The van der Waals surface area contributed by atoms with Crippen LogP contribution in [0.1, 0.15) is 56.0 Å². The molecule has 0 fully saturated rings. The summed E-state index contributed by atoms with van der Waals surface area (Å²) in [6.45, 7) is 8.57. The van der Waals surface area contributed by atoms with Crippen molar-refractivity contribution >= 4 is 17.6 Å². The van der Waals surface area contributed by atoms with Gasteiger partial charge in [0.15, 0.2) is 18.1 Å². The quantitative estimate of drug-likeness (QED) is 0.581. The molecule has 2 aromatic carbocycles. The maximum absolute atomic E-state index is 12.3. The molecular formula is C23H29NO5. The van der Waals surface area contributed by atoms with E-state index in [1.54, 1.807) is 18.2 Å². The van der Waals surface area contributed by atoms with Crippen molar-refractivity contribution in [3.8, 4) is 11.5 Å². The Morgan fingerprint density at radius 1 is 0.931 bits per heavy atom. The fourth-order valence-electron chi connectivity index (χ4n) is 2.72. The fraction of sp³-hybridized carbons (Fsp3) is 0.391. The molecule has 0 heterocycles. The molecule has 6 heteroatoms. The number of benzene rings is 2. The Hall–Kier alpha value is -3.02. The zero-order chi connectivity index (χ0) is 21.2. The molecule has 1 amide bonds. The molecule has 0 radical (unpaired) electrons. The Kier molecular flexibility index (Phi) is 8.52. The Morgan fingerprint density at radius 2 is 1.59 bits per heavy atom. The van der Waals surface area contributed by atoms with Crippen molar-refractivity contribution in [2.75, 3.05) is 25.1 Å². The number of amides is 1. The molecule has 0 saturated carbocycles. The first-order valence-electron chi connectivity index (χ1n) is 9.95. The summed E-state index contributed by atoms with van der Waals surface area (Å²) in [5.41, 5.74) is 2.18. The molecule has 0 unspecified atom stereocenters. The predicted molar refractivity (Wildman–Crippen MR) is 113 cm³/mol. The van der Waals surface area contributed by atoms with Gasteiger partial charge in [-0.1, -0.05) is 26.0 Å². The van der Waals surface area contributed by atoms with Gasteiger partial charge in [-0.2, -0.15) is 0 Å². The van der Waals surface area contributed by atoms with E-state index in [-0.39, 0.29) is 6.61 Å². The van der Waals surface area contributed by atoms with E-state index in [1.807, 2.05) is 38.1 Å². The SMILES string of the molecule is CCOc1ccc(C(=O)OCC(=O)Nc2ccc([C@@H](C)CC)cc2)cc1OCC. The molecular weight excluding hydrogens is 370 g/mol. The first-order valence-corrected chi connectivity index (χ1v) is 9.95. The van der Waals surface area contributed by atoms with E-state index in [0.717, 1.165) is 6.42 Å². The largest absolute Gasteiger partial charge is 0.490 e. The van der Waals surface area contributed by atoms with Crippen molar-refractivity contribution in [3.63, 3.8) is 0 Å². The summed E-state index contributed by atoms with van der Waals surface area (Å²) in [6, 6.07) is 12.5. The Bertz CT molecular complexity index is 817. The van der Waals surface area contributed by atoms with Gasteiger partial charge >= 0.3 is 5.97 Å². The lowest BCUT2D eigenvalue weighted by atomic mass is 9.99. The fourth-order valence-corrected chi connectivity index (χ4v) is 2.72. The molecule has 0 aliphatic carbocycles. The van der Waals surface area contributed by atoms with Crippen molar-refractivity contribution in [2.24, 2.45) is 0 Å². The topological polar surface area (TPSA) is 73.9 Å². The van der Waals surface area contributed by atoms with Gasteiger partial charge in [-0.15, -0.1) is 0 Å². The highest BCUT2D eigenvalue weighted by Crippen LogP contribution is 2.28. The number of esters is 1. The average Bonchev–Trinajstić information content (AvgIpc) is 2.73. The molecule has 2 aromatic rings. The van der Waals surface area contributed by atoms with Gasteiger partial charge < -0.3 is 19.5 Å². The minimum Gasteiger partial charge on any atom is -0.490 e. The third kappa shape index (κ3) is 6.52. The van der Waals surface area contributed by atoms with Crippen LogP contribution in [0.3, 0.4) is 0 Å². The number of carbonyl (C=O) groups excluding carboxylic acids is 2. The van der Waals surface area contributed by atoms with Crippen molar-refractivity contribution in [1.82, 2.24) is 0 Å². The van der Waals surface area contributed by atoms with Gasteiger partial charge in [-0.25, -0.2) is 4.79 Å². The molecule has 29 heavy (non-hydrogen) atoms. The van der Waals surface area contributed by atoms with Gasteiger partial charge in [0.2, 0.25) is 0 Å². The molecule has 1 N–H and O–H groups in total. The van der Waals surface area contributed by atoms with Crippen molar-refractivity contribution in [3.05, 3.63) is 53.6 Å². The lowest BCUT2D eigenvalue weighted by Crippen LogP contribution is -2.21. The molecule has 0 aliphatic rings. The lowest BCUT2D eigenvalue weighted by Gasteiger charge is -2.12. The van der Waals surface area contributed by atoms with Crippen LogP contribution in [0.2, 0.25) is 0 Å². The molecule has 0 spiro atoms. The van der Waals surface area contributed by atoms with E-state index in [4.69, 9.17) is 14.2 Å². The van der Waals surface area contributed by atoms with Gasteiger partial charge in [-0.3, -0.25) is 4.79 Å². The Labute approximate surface area is 172 Å². The lowest BCUT2D eigenvalue weighted by molar-refractivity contribution is -0.119. The van der Waals surface area contributed by atoms with Crippen LogP contribution in [0.15, 0.2) is 42.5 Å². The van der Waals surface area contributed by atoms with Crippen LogP contribution in [-0.4, -0.2) is 31.7 Å². The molecule has 0 aromatic heterocycles. The average molecular weight is 399 g/mol. The summed E-state index contributed by atoms with van der Waals surface area (Å²) in [5.74, 6) is 0.498. The summed E-state index contributed by atoms with van der Waals surface area (Å²) in [7, 11) is 0. The summed E-state index contributed by atoms with van der Waals surface area (Å²) in [4.78, 5) is 24.4. The standard InChI is InChI=1S/C23H29NO5/c1-5-16(4)17-8-11-19(12-9-17)24-22(25)15-29-23(26)18-10-13-20(27-6-2)21(14-18)28-7-3/h8-14,16H,5-7,15H2,1-4H3,(H,24,25)/t16-/m0/s1. The number of carbonyl (C=O) groups is 2. The first-order chi connectivity index (χ1) is 14.0. The third-order valence-corrected chi connectivity index (χ3v) is 4.49. The zero-order valence-electron chi connectivity index (χ0n) is 17.5. The minimum atomic E-state index is -0.601. The number of hydrogen-bond acceptors (Lipinski definition) is 5. The highest BCUT2D eigenvalue weighted by atomic mass is 16.5. The van der Waals surface area contributed by atoms with E-state index in [9.17, 15) is 9.59 Å². The predicted octanol–water partition coefficient (Wildman–Crippen LogP) is 4.79. The van der Waals surface area contributed by atoms with E-state index in [1.165, 1.54) is 5.56 Å². The van der Waals surface area contributed by atoms with E-state index < -0.39 is 11.9 Å². The number of hydrogen-bond donors (Lipinski definition) is 1. The molecule has 6 nitrogen and oxygen atoms in total. The second-order valence-corrected chi connectivity index (χ2v) is 6.58. The van der Waals surface area contributed by atoms with Crippen molar-refractivity contribution < 1.29 is 23.8 Å². The normalized spacial score (nSPS) is 11.4. The number of rotatable bonds is 10.